The second kappa shape index (κ2) is 8.65. The van der Waals surface area contributed by atoms with E-state index in [1.165, 1.54) is 11.1 Å². The Hall–Kier alpha value is -2.53. The van der Waals surface area contributed by atoms with Gasteiger partial charge in [-0.05, 0) is 61.2 Å². The number of hydrogen-bond acceptors (Lipinski definition) is 4. The molecule has 1 amide bonds. The van der Waals surface area contributed by atoms with Gasteiger partial charge in [-0.25, -0.2) is 0 Å². The fourth-order valence-electron chi connectivity index (χ4n) is 3.88. The van der Waals surface area contributed by atoms with Gasteiger partial charge in [0.1, 0.15) is 0 Å². The number of amides is 1. The van der Waals surface area contributed by atoms with Crippen LogP contribution in [0, 0.1) is 5.92 Å². The first-order valence-electron chi connectivity index (χ1n) is 10.2. The van der Waals surface area contributed by atoms with E-state index in [4.69, 9.17) is 9.47 Å². The predicted molar refractivity (Wildman–Crippen MR) is 108 cm³/mol. The van der Waals surface area contributed by atoms with E-state index < -0.39 is 0 Å². The van der Waals surface area contributed by atoms with Crippen LogP contribution >= 0.6 is 0 Å². The SMILES string of the molecule is CCc1ccc(CN2CCC(C(=O)NCc3ccc4c(c3)OCO4)CC2)cc1. The Balaban J connectivity index is 1.22. The Bertz CT molecular complexity index is 811. The smallest absolute Gasteiger partial charge is 0.231 e. The van der Waals surface area contributed by atoms with Gasteiger partial charge in [-0.3, -0.25) is 9.69 Å². The Morgan fingerprint density at radius 3 is 2.43 bits per heavy atom. The normalized spacial score (nSPS) is 16.9. The summed E-state index contributed by atoms with van der Waals surface area (Å²) in [4.78, 5) is 15.0. The highest BCUT2D eigenvalue weighted by Crippen LogP contribution is 2.32. The van der Waals surface area contributed by atoms with Gasteiger partial charge in [-0.1, -0.05) is 37.3 Å². The third-order valence-corrected chi connectivity index (χ3v) is 5.70. The summed E-state index contributed by atoms with van der Waals surface area (Å²) < 4.78 is 10.7. The molecular formula is C23H28N2O3. The molecule has 1 N–H and O–H groups in total. The zero-order valence-corrected chi connectivity index (χ0v) is 16.4. The van der Waals surface area contributed by atoms with Crippen LogP contribution in [0.2, 0.25) is 0 Å². The van der Waals surface area contributed by atoms with E-state index >= 15 is 0 Å². The molecule has 4 rings (SSSR count). The van der Waals surface area contributed by atoms with E-state index in [0.717, 1.165) is 56.0 Å². The molecule has 0 spiro atoms. The highest BCUT2D eigenvalue weighted by molar-refractivity contribution is 5.78. The summed E-state index contributed by atoms with van der Waals surface area (Å²) in [5, 5.41) is 3.08. The number of carbonyl (C=O) groups is 1. The van der Waals surface area contributed by atoms with E-state index in [9.17, 15) is 4.79 Å². The summed E-state index contributed by atoms with van der Waals surface area (Å²) in [7, 11) is 0. The quantitative estimate of drug-likeness (QED) is 0.833. The molecule has 0 unspecified atom stereocenters. The molecule has 2 aromatic rings. The minimum absolute atomic E-state index is 0.104. The van der Waals surface area contributed by atoms with Gasteiger partial charge in [0.15, 0.2) is 11.5 Å². The van der Waals surface area contributed by atoms with Crippen LogP contribution in [0.4, 0.5) is 0 Å². The number of nitrogens with one attached hydrogen (secondary N) is 1. The van der Waals surface area contributed by atoms with Crippen molar-refractivity contribution in [2.75, 3.05) is 19.9 Å². The molecule has 2 aliphatic heterocycles. The second-order valence-electron chi connectivity index (χ2n) is 7.63. The largest absolute Gasteiger partial charge is 0.454 e. The van der Waals surface area contributed by atoms with Crippen molar-refractivity contribution in [2.24, 2.45) is 5.92 Å². The van der Waals surface area contributed by atoms with Gasteiger partial charge in [0.25, 0.3) is 0 Å². The fourth-order valence-corrected chi connectivity index (χ4v) is 3.88. The van der Waals surface area contributed by atoms with Crippen molar-refractivity contribution in [1.82, 2.24) is 10.2 Å². The number of nitrogens with zero attached hydrogens (tertiary/aromatic N) is 1. The summed E-state index contributed by atoms with van der Waals surface area (Å²) >= 11 is 0. The summed E-state index contributed by atoms with van der Waals surface area (Å²) in [6.45, 7) is 5.88. The number of likely N-dealkylation sites (tertiary alicyclic amines) is 1. The fraction of sp³-hybridized carbons (Fsp3) is 0.435. The molecule has 1 saturated heterocycles. The third kappa shape index (κ3) is 4.47. The van der Waals surface area contributed by atoms with E-state index in [1.54, 1.807) is 0 Å². The molecule has 148 valence electrons. The number of benzene rings is 2. The Kier molecular flexibility index (Phi) is 5.81. The van der Waals surface area contributed by atoms with Gasteiger partial charge in [0.05, 0.1) is 0 Å². The number of ether oxygens (including phenoxy) is 2. The first-order chi connectivity index (χ1) is 13.7. The molecule has 2 aliphatic rings. The van der Waals surface area contributed by atoms with Gasteiger partial charge in [-0.2, -0.15) is 0 Å². The Labute approximate surface area is 166 Å². The van der Waals surface area contributed by atoms with Crippen LogP contribution in [0.1, 0.15) is 36.5 Å². The molecule has 0 saturated carbocycles. The van der Waals surface area contributed by atoms with Crippen LogP contribution < -0.4 is 14.8 Å². The van der Waals surface area contributed by atoms with Crippen LogP contribution in [0.3, 0.4) is 0 Å². The number of hydrogen-bond donors (Lipinski definition) is 1. The maximum absolute atomic E-state index is 12.6. The number of aryl methyl sites for hydroxylation is 1. The van der Waals surface area contributed by atoms with E-state index in [-0.39, 0.29) is 18.6 Å². The second-order valence-corrected chi connectivity index (χ2v) is 7.63. The van der Waals surface area contributed by atoms with Crippen molar-refractivity contribution in [3.63, 3.8) is 0 Å². The van der Waals surface area contributed by atoms with Crippen molar-refractivity contribution in [2.45, 2.75) is 39.3 Å². The zero-order valence-electron chi connectivity index (χ0n) is 16.4. The average Bonchev–Trinajstić information content (AvgIpc) is 3.21. The van der Waals surface area contributed by atoms with Crippen molar-refractivity contribution < 1.29 is 14.3 Å². The monoisotopic (exact) mass is 380 g/mol. The number of piperidine rings is 1. The van der Waals surface area contributed by atoms with Crippen LogP contribution in [0.15, 0.2) is 42.5 Å². The number of carbonyl (C=O) groups excluding carboxylic acids is 1. The maximum Gasteiger partial charge on any atom is 0.231 e. The van der Waals surface area contributed by atoms with E-state index in [2.05, 4.69) is 41.4 Å². The molecule has 2 aromatic carbocycles. The molecular weight excluding hydrogens is 352 g/mol. The van der Waals surface area contributed by atoms with Crippen LogP contribution in [-0.4, -0.2) is 30.7 Å². The van der Waals surface area contributed by atoms with Gasteiger partial charge in [0.2, 0.25) is 12.7 Å². The maximum atomic E-state index is 12.6. The molecule has 0 aromatic heterocycles. The molecule has 28 heavy (non-hydrogen) atoms. The predicted octanol–water partition coefficient (Wildman–Crippen LogP) is 3.51. The van der Waals surface area contributed by atoms with Crippen molar-refractivity contribution in [1.29, 1.82) is 0 Å². The van der Waals surface area contributed by atoms with Gasteiger partial charge >= 0.3 is 0 Å². The minimum atomic E-state index is 0.104. The van der Waals surface area contributed by atoms with Crippen molar-refractivity contribution >= 4 is 5.91 Å². The summed E-state index contributed by atoms with van der Waals surface area (Å²) in [6, 6.07) is 14.7. The van der Waals surface area contributed by atoms with Gasteiger partial charge in [-0.15, -0.1) is 0 Å². The third-order valence-electron chi connectivity index (χ3n) is 5.70. The highest BCUT2D eigenvalue weighted by atomic mass is 16.7. The summed E-state index contributed by atoms with van der Waals surface area (Å²) in [6.07, 6.45) is 2.91. The van der Waals surface area contributed by atoms with E-state index in [1.807, 2.05) is 18.2 Å². The van der Waals surface area contributed by atoms with E-state index in [0.29, 0.717) is 6.54 Å². The molecule has 5 heteroatoms. The summed E-state index contributed by atoms with van der Waals surface area (Å²) in [5.74, 6) is 1.79. The Morgan fingerprint density at radius 1 is 1.00 bits per heavy atom. The molecule has 5 nitrogen and oxygen atoms in total. The van der Waals surface area contributed by atoms with Crippen molar-refractivity contribution in [3.8, 4) is 11.5 Å². The molecule has 0 aliphatic carbocycles. The zero-order chi connectivity index (χ0) is 19.3. The average molecular weight is 380 g/mol. The first-order valence-corrected chi connectivity index (χ1v) is 10.2. The van der Waals surface area contributed by atoms with Crippen LogP contribution in [0.25, 0.3) is 0 Å². The van der Waals surface area contributed by atoms with Crippen LogP contribution in [-0.2, 0) is 24.3 Å². The molecule has 0 atom stereocenters. The van der Waals surface area contributed by atoms with Crippen molar-refractivity contribution in [3.05, 3.63) is 59.2 Å². The molecule has 0 radical (unpaired) electrons. The lowest BCUT2D eigenvalue weighted by atomic mass is 9.95. The van der Waals surface area contributed by atoms with Gasteiger partial charge < -0.3 is 14.8 Å². The van der Waals surface area contributed by atoms with Gasteiger partial charge in [0, 0.05) is 19.0 Å². The standard InChI is InChI=1S/C23H28N2O3/c1-2-17-3-5-18(6-4-17)15-25-11-9-20(10-12-25)23(26)24-14-19-7-8-21-22(13-19)28-16-27-21/h3-8,13,20H,2,9-12,14-16H2,1H3,(H,24,26). The lowest BCUT2D eigenvalue weighted by Gasteiger charge is -2.31. The molecule has 1 fully saturated rings. The number of fused-ring (bicyclic) bond motifs is 1. The Morgan fingerprint density at radius 2 is 1.68 bits per heavy atom. The minimum Gasteiger partial charge on any atom is -0.454 e. The van der Waals surface area contributed by atoms with Crippen LogP contribution in [0.5, 0.6) is 11.5 Å². The molecule has 2 heterocycles. The molecule has 0 bridgehead atoms. The lowest BCUT2D eigenvalue weighted by molar-refractivity contribution is -0.126. The number of rotatable bonds is 6. The lowest BCUT2D eigenvalue weighted by Crippen LogP contribution is -2.40. The summed E-state index contributed by atoms with van der Waals surface area (Å²) in [5.41, 5.74) is 3.76. The highest BCUT2D eigenvalue weighted by Gasteiger charge is 2.25. The topological polar surface area (TPSA) is 50.8 Å². The first kappa shape index (κ1) is 18.8.